The molecule has 7 nitrogen and oxygen atoms in total. The van der Waals surface area contributed by atoms with E-state index in [0.29, 0.717) is 29.4 Å². The van der Waals surface area contributed by atoms with E-state index in [1.165, 1.54) is 13.3 Å². The van der Waals surface area contributed by atoms with Gasteiger partial charge < -0.3 is 20.1 Å². The third-order valence-electron chi connectivity index (χ3n) is 6.15. The van der Waals surface area contributed by atoms with E-state index in [-0.39, 0.29) is 18.0 Å². The molecule has 2 N–H and O–H groups in total. The standard InChI is InChI=1S/C25H35ClN4O3/c1-16(2)15-30(19-6-8-20(31)9-7-19)22-10-5-18(17(3)11-25(32)33-4)12-21(22)29-24-14-27-23(26)13-28-24/h5,10,12-14,16-17,19-20,31H,6-9,11,15H2,1-4H3,(H,28,29)/t17-,19-,20-/m1/s1. The summed E-state index contributed by atoms with van der Waals surface area (Å²) in [6.45, 7) is 7.36. The number of esters is 1. The van der Waals surface area contributed by atoms with Crippen LogP contribution in [0.5, 0.6) is 0 Å². The van der Waals surface area contributed by atoms with E-state index in [1.54, 1.807) is 6.20 Å². The molecule has 1 saturated carbocycles. The number of aromatic nitrogens is 2. The van der Waals surface area contributed by atoms with Gasteiger partial charge in [0.15, 0.2) is 0 Å². The number of carbonyl (C=O) groups excluding carboxylic acids is 1. The fraction of sp³-hybridized carbons (Fsp3) is 0.560. The van der Waals surface area contributed by atoms with Gasteiger partial charge in [0.25, 0.3) is 0 Å². The number of nitrogens with one attached hydrogen (secondary N) is 1. The van der Waals surface area contributed by atoms with E-state index in [4.69, 9.17) is 16.3 Å². The predicted molar refractivity (Wildman–Crippen MR) is 132 cm³/mol. The van der Waals surface area contributed by atoms with Crippen LogP contribution in [0.25, 0.3) is 0 Å². The average molecular weight is 475 g/mol. The highest BCUT2D eigenvalue weighted by Gasteiger charge is 2.27. The number of halogens is 1. The number of methoxy groups -OCH3 is 1. The highest BCUT2D eigenvalue weighted by Crippen LogP contribution is 2.37. The number of hydrogen-bond donors (Lipinski definition) is 2. The summed E-state index contributed by atoms with van der Waals surface area (Å²) >= 11 is 5.92. The summed E-state index contributed by atoms with van der Waals surface area (Å²) in [5, 5.41) is 13.8. The third kappa shape index (κ3) is 7.05. The molecule has 0 spiro atoms. The lowest BCUT2D eigenvalue weighted by Gasteiger charge is -2.39. The van der Waals surface area contributed by atoms with Gasteiger partial charge in [-0.25, -0.2) is 9.97 Å². The van der Waals surface area contributed by atoms with Gasteiger partial charge in [0.2, 0.25) is 0 Å². The molecule has 0 unspecified atom stereocenters. The summed E-state index contributed by atoms with van der Waals surface area (Å²) in [6, 6.07) is 6.66. The van der Waals surface area contributed by atoms with Gasteiger partial charge in [-0.1, -0.05) is 38.4 Å². The van der Waals surface area contributed by atoms with Crippen LogP contribution in [-0.4, -0.2) is 46.8 Å². The van der Waals surface area contributed by atoms with Gasteiger partial charge in [-0.3, -0.25) is 4.79 Å². The zero-order valence-corrected chi connectivity index (χ0v) is 20.7. The second kappa shape index (κ2) is 11.7. The maximum absolute atomic E-state index is 11.8. The molecule has 0 aliphatic heterocycles. The van der Waals surface area contributed by atoms with Crippen molar-refractivity contribution >= 4 is 34.8 Å². The van der Waals surface area contributed by atoms with Crippen molar-refractivity contribution < 1.29 is 14.6 Å². The van der Waals surface area contributed by atoms with Gasteiger partial charge in [0.1, 0.15) is 11.0 Å². The van der Waals surface area contributed by atoms with Gasteiger partial charge in [-0.2, -0.15) is 0 Å². The van der Waals surface area contributed by atoms with Crippen LogP contribution in [0.4, 0.5) is 17.2 Å². The Labute approximate surface area is 201 Å². The average Bonchev–Trinajstić information content (AvgIpc) is 2.79. The van der Waals surface area contributed by atoms with Crippen LogP contribution in [-0.2, 0) is 9.53 Å². The van der Waals surface area contributed by atoms with Crippen molar-refractivity contribution in [2.45, 2.75) is 70.9 Å². The normalized spacial score (nSPS) is 19.2. The van der Waals surface area contributed by atoms with E-state index >= 15 is 0 Å². The van der Waals surface area contributed by atoms with Gasteiger partial charge in [0, 0.05) is 12.6 Å². The summed E-state index contributed by atoms with van der Waals surface area (Å²) in [4.78, 5) is 22.8. The second-order valence-electron chi connectivity index (χ2n) is 9.32. The van der Waals surface area contributed by atoms with Crippen LogP contribution < -0.4 is 10.2 Å². The Morgan fingerprint density at radius 2 is 1.94 bits per heavy atom. The van der Waals surface area contributed by atoms with Crippen LogP contribution in [0.15, 0.2) is 30.6 Å². The lowest BCUT2D eigenvalue weighted by Crippen LogP contribution is -2.41. The Hall–Kier alpha value is -2.38. The monoisotopic (exact) mass is 474 g/mol. The molecule has 1 aliphatic carbocycles. The third-order valence-corrected chi connectivity index (χ3v) is 6.35. The van der Waals surface area contributed by atoms with Crippen LogP contribution in [0, 0.1) is 5.92 Å². The molecule has 1 aliphatic rings. The molecular formula is C25H35ClN4O3. The maximum Gasteiger partial charge on any atom is 0.306 e. The Kier molecular flexibility index (Phi) is 8.92. The minimum absolute atomic E-state index is 0.00623. The molecule has 0 bridgehead atoms. The Morgan fingerprint density at radius 1 is 1.21 bits per heavy atom. The van der Waals surface area contributed by atoms with Crippen LogP contribution in [0.2, 0.25) is 5.15 Å². The molecule has 8 heteroatoms. The van der Waals surface area contributed by atoms with Crippen LogP contribution in [0.1, 0.15) is 64.4 Å². The highest BCUT2D eigenvalue weighted by atomic mass is 35.5. The van der Waals surface area contributed by atoms with Gasteiger partial charge >= 0.3 is 5.97 Å². The molecule has 33 heavy (non-hydrogen) atoms. The molecular weight excluding hydrogens is 440 g/mol. The number of nitrogens with zero attached hydrogens (tertiary/aromatic N) is 3. The van der Waals surface area contributed by atoms with Crippen molar-refractivity contribution in [2.24, 2.45) is 5.92 Å². The number of rotatable bonds is 9. The van der Waals surface area contributed by atoms with Gasteiger partial charge in [-0.05, 0) is 55.2 Å². The first-order valence-electron chi connectivity index (χ1n) is 11.7. The molecule has 3 rings (SSSR count). The lowest BCUT2D eigenvalue weighted by molar-refractivity contribution is -0.140. The minimum atomic E-state index is -0.230. The molecule has 0 radical (unpaired) electrons. The topological polar surface area (TPSA) is 87.6 Å². The van der Waals surface area contributed by atoms with Crippen molar-refractivity contribution in [2.75, 3.05) is 23.9 Å². The van der Waals surface area contributed by atoms with E-state index in [9.17, 15) is 9.90 Å². The first-order valence-corrected chi connectivity index (χ1v) is 12.0. The number of ether oxygens (including phenoxy) is 1. The smallest absolute Gasteiger partial charge is 0.306 e. The number of aliphatic hydroxyl groups is 1. The molecule has 2 aromatic rings. The number of hydrogen-bond acceptors (Lipinski definition) is 7. The number of benzene rings is 1. The first-order chi connectivity index (χ1) is 15.8. The zero-order valence-electron chi connectivity index (χ0n) is 19.9. The zero-order chi connectivity index (χ0) is 24.0. The van der Waals surface area contributed by atoms with E-state index in [0.717, 1.165) is 49.2 Å². The molecule has 1 aromatic heterocycles. The molecule has 1 atom stereocenters. The SMILES string of the molecule is COC(=O)C[C@@H](C)c1ccc(N(CC(C)C)[C@H]2CC[C@H](O)CC2)c(Nc2cnc(Cl)cn2)c1. The van der Waals surface area contributed by atoms with Crippen molar-refractivity contribution in [3.8, 4) is 0 Å². The fourth-order valence-electron chi connectivity index (χ4n) is 4.38. The van der Waals surface area contributed by atoms with Crippen LogP contribution >= 0.6 is 11.6 Å². The minimum Gasteiger partial charge on any atom is -0.469 e. The Bertz CT molecular complexity index is 914. The lowest BCUT2D eigenvalue weighted by atomic mass is 9.90. The Morgan fingerprint density at radius 3 is 2.55 bits per heavy atom. The number of aliphatic hydroxyl groups excluding tert-OH is 1. The van der Waals surface area contributed by atoms with Gasteiger partial charge in [-0.15, -0.1) is 0 Å². The molecule has 180 valence electrons. The van der Waals surface area contributed by atoms with Crippen molar-refractivity contribution in [1.29, 1.82) is 0 Å². The first kappa shape index (κ1) is 25.2. The summed E-state index contributed by atoms with van der Waals surface area (Å²) < 4.78 is 4.86. The molecule has 1 fully saturated rings. The summed E-state index contributed by atoms with van der Waals surface area (Å²) in [5.41, 5.74) is 3.03. The summed E-state index contributed by atoms with van der Waals surface area (Å²) in [7, 11) is 1.41. The molecule has 0 amide bonds. The largest absolute Gasteiger partial charge is 0.469 e. The summed E-state index contributed by atoms with van der Waals surface area (Å²) in [6.07, 6.45) is 6.78. The fourth-order valence-corrected chi connectivity index (χ4v) is 4.48. The number of carbonyl (C=O) groups is 1. The maximum atomic E-state index is 11.8. The quantitative estimate of drug-likeness (QED) is 0.476. The van der Waals surface area contributed by atoms with Crippen molar-refractivity contribution in [3.05, 3.63) is 41.3 Å². The second-order valence-corrected chi connectivity index (χ2v) is 9.70. The van der Waals surface area contributed by atoms with E-state index in [1.807, 2.05) is 6.92 Å². The van der Waals surface area contributed by atoms with E-state index in [2.05, 4.69) is 52.2 Å². The van der Waals surface area contributed by atoms with Crippen molar-refractivity contribution in [1.82, 2.24) is 9.97 Å². The van der Waals surface area contributed by atoms with Crippen molar-refractivity contribution in [3.63, 3.8) is 0 Å². The molecule has 1 aromatic carbocycles. The number of anilines is 3. The van der Waals surface area contributed by atoms with Gasteiger partial charge in [0.05, 0.1) is 43.4 Å². The predicted octanol–water partition coefficient (Wildman–Crippen LogP) is 5.31. The summed E-state index contributed by atoms with van der Waals surface area (Å²) in [5.74, 6) is 0.846. The molecule has 0 saturated heterocycles. The highest BCUT2D eigenvalue weighted by molar-refractivity contribution is 6.29. The Balaban J connectivity index is 1.98. The molecule has 1 heterocycles. The van der Waals surface area contributed by atoms with Crippen LogP contribution in [0.3, 0.4) is 0 Å². The van der Waals surface area contributed by atoms with E-state index < -0.39 is 0 Å².